The average molecular weight is 428 g/mol. The molecule has 2 heterocycles. The van der Waals surface area contributed by atoms with Gasteiger partial charge < -0.3 is 14.8 Å². The monoisotopic (exact) mass is 427 g/mol. The maximum absolute atomic E-state index is 5.68. The second-order valence-electron chi connectivity index (χ2n) is 6.46. The number of ether oxygens (including phenoxy) is 2. The standard InChI is InChI=1S/C21H22BrN3O2/c1-26-18-12-7-9-14(20(18)27-2)19-15-8-5-6-13-23-21(15)25(24-19)17-11-4-3-10-16(17)22/h3-4,7,9-12,23H,5-6,8,13H2,1-2H3. The molecule has 27 heavy (non-hydrogen) atoms. The highest BCUT2D eigenvalue weighted by molar-refractivity contribution is 9.10. The molecule has 0 spiro atoms. The molecule has 1 aliphatic heterocycles. The molecule has 4 rings (SSSR count). The van der Waals surface area contributed by atoms with E-state index in [9.17, 15) is 0 Å². The molecule has 0 fully saturated rings. The fourth-order valence-corrected chi connectivity index (χ4v) is 4.04. The number of aromatic nitrogens is 2. The number of methoxy groups -OCH3 is 2. The molecule has 0 bridgehead atoms. The van der Waals surface area contributed by atoms with Gasteiger partial charge in [-0.3, -0.25) is 0 Å². The molecule has 0 aliphatic carbocycles. The lowest BCUT2D eigenvalue weighted by molar-refractivity contribution is 0.356. The van der Waals surface area contributed by atoms with Crippen molar-refractivity contribution in [1.29, 1.82) is 0 Å². The Bertz CT molecular complexity index is 968. The second kappa shape index (κ2) is 7.64. The minimum atomic E-state index is 0.709. The van der Waals surface area contributed by atoms with E-state index in [1.165, 1.54) is 5.56 Å². The highest BCUT2D eigenvalue weighted by Crippen LogP contribution is 2.42. The van der Waals surface area contributed by atoms with Crippen LogP contribution in [0.5, 0.6) is 11.5 Å². The third-order valence-corrected chi connectivity index (χ3v) is 5.54. The van der Waals surface area contributed by atoms with Gasteiger partial charge in [0.2, 0.25) is 0 Å². The maximum atomic E-state index is 5.68. The number of halogens is 1. The van der Waals surface area contributed by atoms with Gasteiger partial charge in [0.25, 0.3) is 0 Å². The molecule has 1 aliphatic rings. The van der Waals surface area contributed by atoms with Gasteiger partial charge in [-0.15, -0.1) is 0 Å². The normalized spacial score (nSPS) is 13.4. The van der Waals surface area contributed by atoms with Crippen molar-refractivity contribution < 1.29 is 9.47 Å². The molecule has 0 atom stereocenters. The van der Waals surface area contributed by atoms with Gasteiger partial charge in [0, 0.05) is 22.1 Å². The third-order valence-electron chi connectivity index (χ3n) is 4.87. The molecule has 3 aromatic rings. The van der Waals surface area contributed by atoms with Crippen LogP contribution in [0.4, 0.5) is 5.82 Å². The topological polar surface area (TPSA) is 48.3 Å². The average Bonchev–Trinajstić information content (AvgIpc) is 2.88. The lowest BCUT2D eigenvalue weighted by Crippen LogP contribution is -2.07. The first-order valence-electron chi connectivity index (χ1n) is 9.06. The summed E-state index contributed by atoms with van der Waals surface area (Å²) < 4.78 is 14.2. The zero-order chi connectivity index (χ0) is 18.8. The molecule has 0 radical (unpaired) electrons. The molecule has 1 N–H and O–H groups in total. The number of nitrogens with zero attached hydrogens (tertiary/aromatic N) is 2. The van der Waals surface area contributed by atoms with E-state index in [0.29, 0.717) is 11.5 Å². The Hall–Kier alpha value is -2.47. The lowest BCUT2D eigenvalue weighted by atomic mass is 10.0. The van der Waals surface area contributed by atoms with Crippen LogP contribution in [-0.2, 0) is 6.42 Å². The van der Waals surface area contributed by atoms with Crippen LogP contribution in [0, 0.1) is 0 Å². The van der Waals surface area contributed by atoms with Gasteiger partial charge in [-0.05, 0) is 59.5 Å². The Morgan fingerprint density at radius 3 is 2.67 bits per heavy atom. The van der Waals surface area contributed by atoms with Crippen LogP contribution in [0.25, 0.3) is 16.9 Å². The number of hydrogen-bond acceptors (Lipinski definition) is 4. The second-order valence-corrected chi connectivity index (χ2v) is 7.32. The fourth-order valence-electron chi connectivity index (χ4n) is 3.59. The fraction of sp³-hybridized carbons (Fsp3) is 0.286. The molecule has 5 nitrogen and oxygen atoms in total. The number of rotatable bonds is 4. The van der Waals surface area contributed by atoms with Crippen molar-refractivity contribution in [1.82, 2.24) is 9.78 Å². The van der Waals surface area contributed by atoms with Crippen LogP contribution in [0.2, 0.25) is 0 Å². The zero-order valence-electron chi connectivity index (χ0n) is 15.5. The van der Waals surface area contributed by atoms with Crippen LogP contribution in [0.15, 0.2) is 46.9 Å². The summed E-state index contributed by atoms with van der Waals surface area (Å²) >= 11 is 3.66. The molecule has 6 heteroatoms. The van der Waals surface area contributed by atoms with Crippen molar-refractivity contribution in [2.45, 2.75) is 19.3 Å². The Kier molecular flexibility index (Phi) is 5.07. The van der Waals surface area contributed by atoms with Crippen molar-refractivity contribution in [2.75, 3.05) is 26.1 Å². The van der Waals surface area contributed by atoms with Gasteiger partial charge in [0.05, 0.1) is 19.9 Å². The van der Waals surface area contributed by atoms with E-state index in [-0.39, 0.29) is 0 Å². The largest absolute Gasteiger partial charge is 0.493 e. The third kappa shape index (κ3) is 3.18. The predicted octanol–water partition coefficient (Wildman–Crippen LogP) is 5.07. The summed E-state index contributed by atoms with van der Waals surface area (Å²) in [4.78, 5) is 0. The Morgan fingerprint density at radius 1 is 1.04 bits per heavy atom. The van der Waals surface area contributed by atoms with Crippen LogP contribution >= 0.6 is 15.9 Å². The Balaban J connectivity index is 1.97. The van der Waals surface area contributed by atoms with E-state index in [1.54, 1.807) is 14.2 Å². The van der Waals surface area contributed by atoms with Crippen LogP contribution in [0.3, 0.4) is 0 Å². The Labute approximate surface area is 167 Å². The number of fused-ring (bicyclic) bond motifs is 1. The number of hydrogen-bond donors (Lipinski definition) is 1. The van der Waals surface area contributed by atoms with Gasteiger partial charge in [0.1, 0.15) is 11.5 Å². The first-order chi connectivity index (χ1) is 13.2. The quantitative estimate of drug-likeness (QED) is 0.631. The van der Waals surface area contributed by atoms with Crippen molar-refractivity contribution >= 4 is 21.7 Å². The number of benzene rings is 2. The van der Waals surface area contributed by atoms with Crippen molar-refractivity contribution in [3.05, 3.63) is 52.5 Å². The van der Waals surface area contributed by atoms with Crippen LogP contribution in [-0.4, -0.2) is 30.5 Å². The molecule has 0 saturated carbocycles. The van der Waals surface area contributed by atoms with E-state index in [0.717, 1.165) is 53.0 Å². The van der Waals surface area contributed by atoms with Crippen LogP contribution < -0.4 is 14.8 Å². The SMILES string of the molecule is COc1cccc(-c2nn(-c3ccccc3Br)c3c2CCCCN3)c1OC. The summed E-state index contributed by atoms with van der Waals surface area (Å²) in [6, 6.07) is 14.1. The minimum Gasteiger partial charge on any atom is -0.493 e. The van der Waals surface area contributed by atoms with E-state index in [1.807, 2.05) is 41.1 Å². The van der Waals surface area contributed by atoms with Crippen molar-refractivity contribution in [2.24, 2.45) is 0 Å². The summed E-state index contributed by atoms with van der Waals surface area (Å²) in [7, 11) is 3.33. The predicted molar refractivity (Wildman–Crippen MR) is 111 cm³/mol. The number of nitrogens with one attached hydrogen (secondary N) is 1. The summed E-state index contributed by atoms with van der Waals surface area (Å²) in [5, 5.41) is 8.59. The summed E-state index contributed by atoms with van der Waals surface area (Å²) in [5.74, 6) is 2.48. The number of anilines is 1. The molecular weight excluding hydrogens is 406 g/mol. The van der Waals surface area contributed by atoms with E-state index >= 15 is 0 Å². The van der Waals surface area contributed by atoms with Gasteiger partial charge in [0.15, 0.2) is 11.5 Å². The van der Waals surface area contributed by atoms with Gasteiger partial charge in [-0.25, -0.2) is 4.68 Å². The molecule has 0 unspecified atom stereocenters. The first kappa shape index (κ1) is 17.9. The summed E-state index contributed by atoms with van der Waals surface area (Å²) in [6.45, 7) is 0.942. The lowest BCUT2D eigenvalue weighted by Gasteiger charge is -2.12. The van der Waals surface area contributed by atoms with E-state index in [4.69, 9.17) is 14.6 Å². The molecule has 2 aromatic carbocycles. The van der Waals surface area contributed by atoms with Gasteiger partial charge >= 0.3 is 0 Å². The summed E-state index contributed by atoms with van der Waals surface area (Å²) in [6.07, 6.45) is 3.24. The molecular formula is C21H22BrN3O2. The first-order valence-corrected chi connectivity index (χ1v) is 9.86. The van der Waals surface area contributed by atoms with E-state index < -0.39 is 0 Å². The smallest absolute Gasteiger partial charge is 0.170 e. The van der Waals surface area contributed by atoms with Crippen LogP contribution in [0.1, 0.15) is 18.4 Å². The molecule has 0 amide bonds. The molecule has 0 saturated heterocycles. The Morgan fingerprint density at radius 2 is 1.89 bits per heavy atom. The van der Waals surface area contributed by atoms with Crippen molar-refractivity contribution in [3.63, 3.8) is 0 Å². The molecule has 1 aromatic heterocycles. The highest BCUT2D eigenvalue weighted by Gasteiger charge is 2.25. The summed E-state index contributed by atoms with van der Waals surface area (Å²) in [5.41, 5.74) is 4.11. The minimum absolute atomic E-state index is 0.709. The molecule has 140 valence electrons. The zero-order valence-corrected chi connectivity index (χ0v) is 17.0. The van der Waals surface area contributed by atoms with Gasteiger partial charge in [-0.2, -0.15) is 5.10 Å². The maximum Gasteiger partial charge on any atom is 0.170 e. The van der Waals surface area contributed by atoms with Gasteiger partial charge in [-0.1, -0.05) is 18.2 Å². The van der Waals surface area contributed by atoms with Crippen molar-refractivity contribution in [3.8, 4) is 28.4 Å². The number of para-hydroxylation sites is 2. The van der Waals surface area contributed by atoms with E-state index in [2.05, 4.69) is 27.3 Å². The highest BCUT2D eigenvalue weighted by atomic mass is 79.9.